The molecule has 1 amide bonds. The third-order valence-corrected chi connectivity index (χ3v) is 5.46. The summed E-state index contributed by atoms with van der Waals surface area (Å²) in [5, 5.41) is 21.7. The van der Waals surface area contributed by atoms with Crippen molar-refractivity contribution < 1.29 is 14.1 Å². The minimum Gasteiger partial charge on any atom is -0.300 e. The van der Waals surface area contributed by atoms with E-state index in [0.717, 1.165) is 5.56 Å². The van der Waals surface area contributed by atoms with Crippen LogP contribution in [0.5, 0.6) is 0 Å². The predicted molar refractivity (Wildman–Crippen MR) is 101 cm³/mol. The van der Waals surface area contributed by atoms with Gasteiger partial charge in [0.15, 0.2) is 4.34 Å². The van der Waals surface area contributed by atoms with Gasteiger partial charge in [0.2, 0.25) is 11.0 Å². The molecule has 1 N–H and O–H groups in total. The molecule has 2 aromatic carbocycles. The number of benzene rings is 2. The van der Waals surface area contributed by atoms with E-state index in [-0.39, 0.29) is 23.8 Å². The summed E-state index contributed by atoms with van der Waals surface area (Å²) in [4.78, 5) is 22.4. The third kappa shape index (κ3) is 5.56. The van der Waals surface area contributed by atoms with E-state index in [1.807, 2.05) is 0 Å². The minimum absolute atomic E-state index is 0.0408. The van der Waals surface area contributed by atoms with Gasteiger partial charge >= 0.3 is 0 Å². The highest BCUT2D eigenvalue weighted by Crippen LogP contribution is 2.29. The Kier molecular flexibility index (Phi) is 6.09. The van der Waals surface area contributed by atoms with Gasteiger partial charge in [0.05, 0.1) is 11.3 Å². The van der Waals surface area contributed by atoms with Gasteiger partial charge in [-0.05, 0) is 23.3 Å². The average molecular weight is 404 g/mol. The van der Waals surface area contributed by atoms with Crippen molar-refractivity contribution >= 4 is 39.8 Å². The number of hydrogen-bond donors (Lipinski definition) is 1. The van der Waals surface area contributed by atoms with Crippen LogP contribution in [0.2, 0.25) is 0 Å². The van der Waals surface area contributed by atoms with Crippen LogP contribution in [-0.2, 0) is 17.0 Å². The van der Waals surface area contributed by atoms with Crippen LogP contribution in [0.15, 0.2) is 52.9 Å². The van der Waals surface area contributed by atoms with Gasteiger partial charge in [-0.2, -0.15) is 0 Å². The number of nitrogens with zero attached hydrogens (tertiary/aromatic N) is 3. The van der Waals surface area contributed by atoms with E-state index in [9.17, 15) is 19.3 Å². The van der Waals surface area contributed by atoms with Crippen molar-refractivity contribution in [3.63, 3.8) is 0 Å². The van der Waals surface area contributed by atoms with Gasteiger partial charge in [0.25, 0.3) is 5.69 Å². The molecule has 1 heterocycles. The number of rotatable bonds is 7. The Morgan fingerprint density at radius 3 is 2.70 bits per heavy atom. The van der Waals surface area contributed by atoms with Crippen LogP contribution in [0.1, 0.15) is 11.1 Å². The first kappa shape index (κ1) is 18.9. The smallest absolute Gasteiger partial charge is 0.269 e. The Hall–Kier alpha value is -2.85. The monoisotopic (exact) mass is 404 g/mol. The quantitative estimate of drug-likeness (QED) is 0.276. The SMILES string of the molecule is O=C(Cc1ccc(F)cc1)Nc1nnc(SCc2cccc([N+](=O)[O-])c2)s1. The Balaban J connectivity index is 1.53. The van der Waals surface area contributed by atoms with E-state index in [4.69, 9.17) is 0 Å². The average Bonchev–Trinajstić information content (AvgIpc) is 3.09. The molecule has 0 aliphatic heterocycles. The van der Waals surface area contributed by atoms with Crippen molar-refractivity contribution in [3.05, 3.63) is 75.6 Å². The van der Waals surface area contributed by atoms with E-state index in [2.05, 4.69) is 15.5 Å². The van der Waals surface area contributed by atoms with Crippen molar-refractivity contribution in [2.75, 3.05) is 5.32 Å². The molecule has 10 heteroatoms. The zero-order chi connectivity index (χ0) is 19.2. The fourth-order valence-electron chi connectivity index (χ4n) is 2.17. The zero-order valence-electron chi connectivity index (χ0n) is 13.8. The number of aromatic nitrogens is 2. The Labute approximate surface area is 161 Å². The molecule has 0 aliphatic carbocycles. The van der Waals surface area contributed by atoms with Crippen LogP contribution in [0, 0.1) is 15.9 Å². The van der Waals surface area contributed by atoms with Crippen molar-refractivity contribution in [2.45, 2.75) is 16.5 Å². The molecule has 0 aliphatic rings. The molecular formula is C17H13FN4O3S2. The number of nitro groups is 1. The molecule has 0 spiro atoms. The topological polar surface area (TPSA) is 98.0 Å². The van der Waals surface area contributed by atoms with Crippen LogP contribution in [0.3, 0.4) is 0 Å². The maximum absolute atomic E-state index is 12.9. The summed E-state index contributed by atoms with van der Waals surface area (Å²) in [7, 11) is 0. The molecule has 0 radical (unpaired) electrons. The summed E-state index contributed by atoms with van der Waals surface area (Å²) in [6.07, 6.45) is 0.107. The molecule has 0 saturated carbocycles. The van der Waals surface area contributed by atoms with Gasteiger partial charge in [-0.25, -0.2) is 4.39 Å². The number of anilines is 1. The number of non-ortho nitro benzene ring substituents is 1. The number of halogens is 1. The molecule has 138 valence electrons. The molecule has 0 saturated heterocycles. The fourth-order valence-corrected chi connectivity index (χ4v) is 3.89. The molecule has 7 nitrogen and oxygen atoms in total. The molecule has 27 heavy (non-hydrogen) atoms. The Morgan fingerprint density at radius 1 is 1.19 bits per heavy atom. The van der Waals surface area contributed by atoms with Crippen LogP contribution in [-0.4, -0.2) is 21.0 Å². The summed E-state index contributed by atoms with van der Waals surface area (Å²) >= 11 is 2.60. The number of carbonyl (C=O) groups excluding carboxylic acids is 1. The van der Waals surface area contributed by atoms with Crippen LogP contribution < -0.4 is 5.32 Å². The second kappa shape index (κ2) is 8.69. The number of nitro benzene ring substituents is 1. The van der Waals surface area contributed by atoms with Crippen molar-refractivity contribution in [1.29, 1.82) is 0 Å². The van der Waals surface area contributed by atoms with Gasteiger partial charge in [0, 0.05) is 17.9 Å². The third-order valence-electron chi connectivity index (χ3n) is 3.41. The van der Waals surface area contributed by atoms with Gasteiger partial charge in [-0.3, -0.25) is 14.9 Å². The highest BCUT2D eigenvalue weighted by atomic mass is 32.2. The minimum atomic E-state index is -0.437. The van der Waals surface area contributed by atoms with Crippen molar-refractivity contribution in [1.82, 2.24) is 10.2 Å². The lowest BCUT2D eigenvalue weighted by Crippen LogP contribution is -2.14. The summed E-state index contributed by atoms with van der Waals surface area (Å²) in [5.41, 5.74) is 1.53. The maximum Gasteiger partial charge on any atom is 0.269 e. The lowest BCUT2D eigenvalue weighted by Gasteiger charge is -2.01. The first-order valence-electron chi connectivity index (χ1n) is 7.73. The van der Waals surface area contributed by atoms with Crippen LogP contribution in [0.4, 0.5) is 15.2 Å². The molecule has 1 aromatic heterocycles. The second-order valence-electron chi connectivity index (χ2n) is 5.44. The largest absolute Gasteiger partial charge is 0.300 e. The van der Waals surface area contributed by atoms with Crippen LogP contribution >= 0.6 is 23.1 Å². The lowest BCUT2D eigenvalue weighted by molar-refractivity contribution is -0.384. The van der Waals surface area contributed by atoms with E-state index in [0.29, 0.717) is 20.8 Å². The first-order chi connectivity index (χ1) is 13.0. The molecule has 0 fully saturated rings. The van der Waals surface area contributed by atoms with E-state index in [1.54, 1.807) is 24.3 Å². The first-order valence-corrected chi connectivity index (χ1v) is 9.54. The van der Waals surface area contributed by atoms with Gasteiger partial charge in [0.1, 0.15) is 5.82 Å². The van der Waals surface area contributed by atoms with Crippen molar-refractivity contribution in [3.8, 4) is 0 Å². The normalized spacial score (nSPS) is 10.6. The van der Waals surface area contributed by atoms with Gasteiger partial charge in [-0.1, -0.05) is 47.4 Å². The lowest BCUT2D eigenvalue weighted by atomic mass is 10.1. The summed E-state index contributed by atoms with van der Waals surface area (Å²) in [6, 6.07) is 12.1. The molecule has 3 aromatic rings. The molecule has 0 unspecified atom stereocenters. The molecule has 0 bridgehead atoms. The van der Waals surface area contributed by atoms with Crippen molar-refractivity contribution in [2.24, 2.45) is 0 Å². The summed E-state index contributed by atoms with van der Waals surface area (Å²) in [5.74, 6) is -0.124. The molecular weight excluding hydrogens is 391 g/mol. The Morgan fingerprint density at radius 2 is 1.96 bits per heavy atom. The fraction of sp³-hybridized carbons (Fsp3) is 0.118. The highest BCUT2D eigenvalue weighted by Gasteiger charge is 2.11. The standard InChI is InChI=1S/C17H13FN4O3S2/c18-13-6-4-11(5-7-13)9-15(23)19-16-20-21-17(27-16)26-10-12-2-1-3-14(8-12)22(24)25/h1-8H,9-10H2,(H,19,20,23). The predicted octanol–water partition coefficient (Wildman–Crippen LogP) is 4.06. The van der Waals surface area contributed by atoms with Gasteiger partial charge in [-0.15, -0.1) is 10.2 Å². The van der Waals surface area contributed by atoms with E-state index in [1.165, 1.54) is 47.4 Å². The highest BCUT2D eigenvalue weighted by molar-refractivity contribution is 8.00. The number of hydrogen-bond acceptors (Lipinski definition) is 7. The molecule has 3 rings (SSSR count). The number of thioether (sulfide) groups is 1. The second-order valence-corrected chi connectivity index (χ2v) is 7.64. The zero-order valence-corrected chi connectivity index (χ0v) is 15.4. The number of amides is 1. The van der Waals surface area contributed by atoms with E-state index < -0.39 is 4.92 Å². The van der Waals surface area contributed by atoms with Crippen LogP contribution in [0.25, 0.3) is 0 Å². The molecule has 0 atom stereocenters. The van der Waals surface area contributed by atoms with Gasteiger partial charge < -0.3 is 5.32 Å². The maximum atomic E-state index is 12.9. The number of nitrogens with one attached hydrogen (secondary N) is 1. The van der Waals surface area contributed by atoms with E-state index >= 15 is 0 Å². The summed E-state index contributed by atoms with van der Waals surface area (Å²) < 4.78 is 13.5. The summed E-state index contributed by atoms with van der Waals surface area (Å²) in [6.45, 7) is 0. The Bertz CT molecular complexity index is 963. The number of carbonyl (C=O) groups is 1.